The maximum absolute atomic E-state index is 12.8. The summed E-state index contributed by atoms with van der Waals surface area (Å²) in [4.78, 5) is 20.1. The van der Waals surface area contributed by atoms with Crippen molar-refractivity contribution < 1.29 is 18.0 Å². The summed E-state index contributed by atoms with van der Waals surface area (Å²) in [5.74, 6) is 0.327. The number of anilines is 1. The topological polar surface area (TPSA) is 59.8 Å². The Kier molecular flexibility index (Phi) is 5.06. The fourth-order valence-corrected chi connectivity index (χ4v) is 3.23. The monoisotopic (exact) mass is 352 g/mol. The summed E-state index contributed by atoms with van der Waals surface area (Å²) < 4.78 is 39.8. The van der Waals surface area contributed by atoms with Gasteiger partial charge in [-0.1, -0.05) is 31.7 Å². The van der Waals surface area contributed by atoms with Crippen LogP contribution in [0.15, 0.2) is 36.9 Å². The van der Waals surface area contributed by atoms with Crippen molar-refractivity contribution in [2.75, 3.05) is 5.32 Å². The highest BCUT2D eigenvalue weighted by Gasteiger charge is 2.35. The highest BCUT2D eigenvalue weighted by molar-refractivity contribution is 5.92. The van der Waals surface area contributed by atoms with Crippen molar-refractivity contribution in [1.82, 2.24) is 14.5 Å². The van der Waals surface area contributed by atoms with Gasteiger partial charge in [0.15, 0.2) is 5.69 Å². The van der Waals surface area contributed by atoms with Gasteiger partial charge in [0.05, 0.1) is 6.33 Å². The maximum Gasteiger partial charge on any atom is 0.434 e. The van der Waals surface area contributed by atoms with E-state index in [1.807, 2.05) is 0 Å². The average molecular weight is 352 g/mol. The minimum absolute atomic E-state index is 0.330. The van der Waals surface area contributed by atoms with Gasteiger partial charge in [0.25, 0.3) is 0 Å². The van der Waals surface area contributed by atoms with Gasteiger partial charge in [-0.3, -0.25) is 4.79 Å². The van der Waals surface area contributed by atoms with Crippen LogP contribution < -0.4 is 5.32 Å². The number of carbonyl (C=O) groups is 1. The van der Waals surface area contributed by atoms with Crippen LogP contribution >= 0.6 is 0 Å². The number of hydrogen-bond acceptors (Lipinski definition) is 3. The molecule has 0 saturated heterocycles. The summed E-state index contributed by atoms with van der Waals surface area (Å²) in [6, 6.07) is 4.35. The van der Waals surface area contributed by atoms with Crippen LogP contribution in [0, 0.1) is 5.92 Å². The lowest BCUT2D eigenvalue weighted by molar-refractivity contribution is -0.141. The zero-order valence-electron chi connectivity index (χ0n) is 13.5. The summed E-state index contributed by atoms with van der Waals surface area (Å²) in [6.45, 7) is 0. The van der Waals surface area contributed by atoms with E-state index < -0.39 is 17.9 Å². The number of hydrogen-bond donors (Lipinski definition) is 1. The van der Waals surface area contributed by atoms with Crippen LogP contribution in [0.3, 0.4) is 0 Å². The lowest BCUT2D eigenvalue weighted by Crippen LogP contribution is -2.27. The molecule has 1 atom stereocenters. The van der Waals surface area contributed by atoms with E-state index in [1.165, 1.54) is 4.57 Å². The number of pyridine rings is 1. The molecule has 0 bridgehead atoms. The molecule has 2 aromatic rings. The lowest BCUT2D eigenvalue weighted by Gasteiger charge is -2.21. The van der Waals surface area contributed by atoms with Gasteiger partial charge in [-0.2, -0.15) is 13.2 Å². The van der Waals surface area contributed by atoms with Gasteiger partial charge in [0.1, 0.15) is 11.9 Å². The van der Waals surface area contributed by atoms with Crippen LogP contribution in [0.5, 0.6) is 0 Å². The van der Waals surface area contributed by atoms with Crippen LogP contribution in [0.4, 0.5) is 19.0 Å². The van der Waals surface area contributed by atoms with Crippen molar-refractivity contribution in [3.05, 3.63) is 42.6 Å². The Hall–Kier alpha value is -2.38. The third kappa shape index (κ3) is 4.37. The predicted octanol–water partition coefficient (Wildman–Crippen LogP) is 4.06. The molecule has 8 heteroatoms. The fraction of sp³-hybridized carbons (Fsp3) is 0.471. The Balaban J connectivity index is 1.81. The van der Waals surface area contributed by atoms with E-state index in [0.717, 1.165) is 38.2 Å². The van der Waals surface area contributed by atoms with E-state index in [9.17, 15) is 18.0 Å². The molecule has 1 saturated carbocycles. The lowest BCUT2D eigenvalue weighted by atomic mass is 9.97. The number of rotatable bonds is 5. The van der Waals surface area contributed by atoms with E-state index >= 15 is 0 Å². The number of halogens is 3. The van der Waals surface area contributed by atoms with Gasteiger partial charge >= 0.3 is 6.18 Å². The second kappa shape index (κ2) is 7.25. The number of nitrogens with one attached hydrogen (secondary N) is 1. The smallest absolute Gasteiger partial charge is 0.324 e. The summed E-state index contributed by atoms with van der Waals surface area (Å²) in [7, 11) is 0. The SMILES string of the molecule is O=C(Nc1ccccn1)[C@H](CC1CCCC1)n1cnc(C(F)(F)F)c1. The molecule has 0 radical (unpaired) electrons. The zero-order valence-corrected chi connectivity index (χ0v) is 13.5. The molecule has 134 valence electrons. The highest BCUT2D eigenvalue weighted by atomic mass is 19.4. The predicted molar refractivity (Wildman–Crippen MR) is 85.7 cm³/mol. The van der Waals surface area contributed by atoms with E-state index in [2.05, 4.69) is 15.3 Å². The minimum atomic E-state index is -4.53. The van der Waals surface area contributed by atoms with Gasteiger partial charge in [-0.15, -0.1) is 0 Å². The van der Waals surface area contributed by atoms with Crippen molar-refractivity contribution in [3.8, 4) is 0 Å². The van der Waals surface area contributed by atoms with Gasteiger partial charge < -0.3 is 9.88 Å². The normalized spacial score (nSPS) is 16.8. The van der Waals surface area contributed by atoms with Gasteiger partial charge in [-0.05, 0) is 24.5 Å². The van der Waals surface area contributed by atoms with Crippen molar-refractivity contribution in [3.63, 3.8) is 0 Å². The van der Waals surface area contributed by atoms with Crippen LogP contribution in [-0.2, 0) is 11.0 Å². The minimum Gasteiger partial charge on any atom is -0.324 e. The summed E-state index contributed by atoms with van der Waals surface area (Å²) >= 11 is 0. The van der Waals surface area contributed by atoms with Crippen molar-refractivity contribution >= 4 is 11.7 Å². The first-order chi connectivity index (χ1) is 11.9. The number of aromatic nitrogens is 3. The Labute approximate surface area is 143 Å². The van der Waals surface area contributed by atoms with Gasteiger partial charge in [-0.25, -0.2) is 9.97 Å². The molecule has 1 aliphatic carbocycles. The van der Waals surface area contributed by atoms with Gasteiger partial charge in [0, 0.05) is 12.4 Å². The molecule has 1 aliphatic rings. The summed E-state index contributed by atoms with van der Waals surface area (Å²) in [5.41, 5.74) is -0.991. The number of amides is 1. The van der Waals surface area contributed by atoms with Crippen molar-refractivity contribution in [2.45, 2.75) is 44.3 Å². The second-order valence-corrected chi connectivity index (χ2v) is 6.31. The molecule has 0 spiro atoms. The van der Waals surface area contributed by atoms with Crippen molar-refractivity contribution in [2.24, 2.45) is 5.92 Å². The number of imidazole rings is 1. The van der Waals surface area contributed by atoms with Gasteiger partial charge in [0.2, 0.25) is 5.91 Å². The number of carbonyl (C=O) groups excluding carboxylic acids is 1. The Morgan fingerprint density at radius 2 is 2.04 bits per heavy atom. The van der Waals surface area contributed by atoms with Crippen LogP contribution in [-0.4, -0.2) is 20.4 Å². The molecule has 0 aromatic carbocycles. The van der Waals surface area contributed by atoms with E-state index in [-0.39, 0.29) is 5.91 Å². The molecular formula is C17H19F3N4O. The van der Waals surface area contributed by atoms with Crippen LogP contribution in [0.1, 0.15) is 43.8 Å². The standard InChI is InChI=1S/C17H19F3N4O/c18-17(19,20)14-10-24(11-22-14)13(9-12-5-1-2-6-12)16(25)23-15-7-3-4-8-21-15/h3-4,7-8,10-13H,1-2,5-6,9H2,(H,21,23,25)/t13-/m0/s1. The number of alkyl halides is 3. The molecule has 5 nitrogen and oxygen atoms in total. The molecule has 2 aromatic heterocycles. The molecule has 0 aliphatic heterocycles. The molecule has 1 fully saturated rings. The molecule has 25 heavy (non-hydrogen) atoms. The van der Waals surface area contributed by atoms with E-state index in [4.69, 9.17) is 0 Å². The third-order valence-corrected chi connectivity index (χ3v) is 4.50. The first-order valence-corrected chi connectivity index (χ1v) is 8.26. The highest BCUT2D eigenvalue weighted by Crippen LogP contribution is 2.34. The first kappa shape index (κ1) is 17.4. The molecule has 0 unspecified atom stereocenters. The second-order valence-electron chi connectivity index (χ2n) is 6.31. The average Bonchev–Trinajstić information content (AvgIpc) is 3.24. The first-order valence-electron chi connectivity index (χ1n) is 8.26. The maximum atomic E-state index is 12.8. The van der Waals surface area contributed by atoms with Crippen LogP contribution in [0.2, 0.25) is 0 Å². The van der Waals surface area contributed by atoms with Crippen molar-refractivity contribution in [1.29, 1.82) is 0 Å². The Morgan fingerprint density at radius 1 is 1.28 bits per heavy atom. The van der Waals surface area contributed by atoms with Crippen LogP contribution in [0.25, 0.3) is 0 Å². The molecule has 1 amide bonds. The Bertz CT molecular complexity index is 708. The molecular weight excluding hydrogens is 333 g/mol. The fourth-order valence-electron chi connectivity index (χ4n) is 3.23. The summed E-state index contributed by atoms with van der Waals surface area (Å²) in [6.07, 6.45) is 3.67. The molecule has 1 N–H and O–H groups in total. The molecule has 3 rings (SSSR count). The van der Waals surface area contributed by atoms with E-state index in [0.29, 0.717) is 18.2 Å². The Morgan fingerprint density at radius 3 is 2.64 bits per heavy atom. The molecule has 2 heterocycles. The quantitative estimate of drug-likeness (QED) is 0.883. The number of nitrogens with zero attached hydrogens (tertiary/aromatic N) is 3. The summed E-state index contributed by atoms with van der Waals surface area (Å²) in [5, 5.41) is 2.68. The third-order valence-electron chi connectivity index (χ3n) is 4.50. The van der Waals surface area contributed by atoms with E-state index in [1.54, 1.807) is 24.4 Å². The zero-order chi connectivity index (χ0) is 17.9. The largest absolute Gasteiger partial charge is 0.434 e.